The zero-order valence-corrected chi connectivity index (χ0v) is 59.1. The first kappa shape index (κ1) is 69.7. The average molecular weight is 1460 g/mol. The maximum atomic E-state index is 13.4. The van der Waals surface area contributed by atoms with Gasteiger partial charge in [-0.1, -0.05) is 82.5 Å². The van der Waals surface area contributed by atoms with Gasteiger partial charge in [0.25, 0.3) is 22.9 Å². The van der Waals surface area contributed by atoms with E-state index in [0.29, 0.717) is 83.6 Å². The van der Waals surface area contributed by atoms with E-state index in [1.807, 2.05) is 109 Å². The molecule has 6 aromatic carbocycles. The number of nitrogens with zero attached hydrogens (tertiary/aromatic N) is 10. The van der Waals surface area contributed by atoms with Crippen molar-refractivity contribution in [2.75, 3.05) is 37.6 Å². The van der Waals surface area contributed by atoms with E-state index >= 15 is 0 Å². The summed E-state index contributed by atoms with van der Waals surface area (Å²) in [4.78, 5) is 65.8. The summed E-state index contributed by atoms with van der Waals surface area (Å²) >= 11 is 1.34. The van der Waals surface area contributed by atoms with Crippen LogP contribution >= 0.6 is 15.9 Å². The third-order valence-corrected chi connectivity index (χ3v) is 31.9. The number of carbonyl (C=O) groups excluding carboxylic acids is 2. The van der Waals surface area contributed by atoms with Gasteiger partial charge in [0, 0.05) is 94.8 Å². The molecule has 96 heavy (non-hydrogen) atoms. The number of aliphatic hydroxyl groups is 2. The number of likely N-dealkylation sites (tertiary alicyclic amines) is 2. The number of fused-ring (bicyclic) bond motifs is 2. The van der Waals surface area contributed by atoms with Crippen molar-refractivity contribution >= 4 is 79.6 Å². The number of unbranched alkanes of at least 4 members (excludes halogenated alkanes) is 3. The summed E-state index contributed by atoms with van der Waals surface area (Å²) in [6.45, 7) is 8.84. The van der Waals surface area contributed by atoms with Crippen molar-refractivity contribution in [3.63, 3.8) is 0 Å². The standard InChI is InChI=1S/C32H28N6O3.C30H27BrN6O3.3C4H9.C2H.Sn/c1-2-21-7-13-25(14-8-21)38-30-27(17-35-38)32(41)37(20-34-30)19-24-18-36(16-15-29(24)39)31(40)23-11-9-22(10-12-23)26-5-3-4-6-28(26)33;31-22-9-11-23(12-10-22)37-28-25(15-34-37)30(40)36(18-33-28)17-21-16-35(14-13-27(21)38)29(39)20-7-5-19(6-8-20)24-3-1-2-4-26(24)32;3*1-3-4-2;1-2;/h1,3-14,17,20,24,29,39H,15-16,18-19,33H2;1-12,15,18,21,27,38H,13-14,16-17,32H2;3*1,3-4H2,2H3;1H;. The molecule has 2 aliphatic rings. The molecule has 4 atom stereocenters. The molecule has 0 radical (unpaired) electrons. The van der Waals surface area contributed by atoms with Gasteiger partial charge in [0.15, 0.2) is 11.3 Å². The molecule has 6 heterocycles. The quantitative estimate of drug-likeness (QED) is 0.0336. The van der Waals surface area contributed by atoms with Gasteiger partial charge in [-0.2, -0.15) is 10.2 Å². The van der Waals surface area contributed by atoms with Crippen LogP contribution in [0.2, 0.25) is 13.3 Å². The Morgan fingerprint density at radius 3 is 1.34 bits per heavy atom. The molecular formula is C76H83BrN12O6Sn. The molecule has 2 saturated heterocycles. The van der Waals surface area contributed by atoms with Crippen molar-refractivity contribution in [2.24, 2.45) is 11.8 Å². The molecule has 0 saturated carbocycles. The summed E-state index contributed by atoms with van der Waals surface area (Å²) in [7, 11) is 0. The van der Waals surface area contributed by atoms with Crippen LogP contribution in [0.5, 0.6) is 0 Å². The molecule has 2 amide bonds. The smallest absolute Gasteiger partial charge is 0.264 e. The Morgan fingerprint density at radius 2 is 0.969 bits per heavy atom. The molecule has 0 bridgehead atoms. The largest absolute Gasteiger partial charge is 0.398 e. The van der Waals surface area contributed by atoms with E-state index in [1.165, 1.54) is 86.0 Å². The Morgan fingerprint density at radius 1 is 0.573 bits per heavy atom. The number of hydrogen-bond acceptors (Lipinski definition) is 12. The van der Waals surface area contributed by atoms with Gasteiger partial charge < -0.3 is 31.5 Å². The Hall–Kier alpha value is -9.12. The number of aliphatic hydroxyl groups excluding tert-OH is 2. The van der Waals surface area contributed by atoms with E-state index in [-0.39, 0.29) is 47.9 Å². The number of anilines is 2. The average Bonchev–Trinajstić information content (AvgIpc) is 1.61. The molecule has 4 aromatic heterocycles. The van der Waals surface area contributed by atoms with Crippen LogP contribution in [0.15, 0.2) is 185 Å². The maximum Gasteiger partial charge on any atom is 0.264 e. The monoisotopic (exact) mass is 1460 g/mol. The van der Waals surface area contributed by atoms with E-state index in [0.717, 1.165) is 43.7 Å². The number of para-hydroxylation sites is 2. The molecule has 0 spiro atoms. The fraction of sp³-hybridized carbons (Fsp3) is 0.316. The maximum absolute atomic E-state index is 13.4. The van der Waals surface area contributed by atoms with Crippen molar-refractivity contribution in [3.8, 4) is 56.3 Å². The number of benzene rings is 6. The number of piperidine rings is 2. The van der Waals surface area contributed by atoms with E-state index in [9.17, 15) is 29.4 Å². The van der Waals surface area contributed by atoms with E-state index in [2.05, 4.69) is 66.7 Å². The summed E-state index contributed by atoms with van der Waals surface area (Å²) in [5.41, 5.74) is 21.0. The number of carbonyl (C=O) groups is 2. The predicted molar refractivity (Wildman–Crippen MR) is 388 cm³/mol. The molecule has 20 heteroatoms. The number of amides is 2. The van der Waals surface area contributed by atoms with Gasteiger partial charge in [0.2, 0.25) is 0 Å². The number of nitrogen functional groups attached to an aromatic ring is 2. The van der Waals surface area contributed by atoms with E-state index < -0.39 is 30.6 Å². The predicted octanol–water partition coefficient (Wildman–Crippen LogP) is 12.5. The van der Waals surface area contributed by atoms with Gasteiger partial charge >= 0.3 is 101 Å². The molecule has 10 aromatic rings. The number of aromatic nitrogens is 8. The Labute approximate surface area is 573 Å². The summed E-state index contributed by atoms with van der Waals surface area (Å²) in [6.07, 6.45) is 25.0. The molecule has 0 aliphatic carbocycles. The summed E-state index contributed by atoms with van der Waals surface area (Å²) in [5.74, 6) is 1.70. The van der Waals surface area contributed by atoms with Crippen molar-refractivity contribution < 1.29 is 19.8 Å². The fourth-order valence-corrected chi connectivity index (χ4v) is 25.2. The number of terminal acetylenes is 2. The minimum absolute atomic E-state index is 0.110. The van der Waals surface area contributed by atoms with Crippen molar-refractivity contribution in [1.82, 2.24) is 48.5 Å². The van der Waals surface area contributed by atoms with Crippen LogP contribution in [0.25, 0.3) is 55.7 Å². The molecule has 494 valence electrons. The number of rotatable bonds is 19. The summed E-state index contributed by atoms with van der Waals surface area (Å²) in [5, 5.41) is 31.0. The number of hydrogen-bond donors (Lipinski definition) is 4. The third kappa shape index (κ3) is 16.4. The molecular weight excluding hydrogens is 1380 g/mol. The van der Waals surface area contributed by atoms with Crippen molar-refractivity contribution in [3.05, 3.63) is 213 Å². The molecule has 4 unspecified atom stereocenters. The Kier molecular flexibility index (Phi) is 23.6. The first-order valence-electron chi connectivity index (χ1n) is 33.1. The van der Waals surface area contributed by atoms with Gasteiger partial charge in [-0.15, -0.1) is 6.42 Å². The van der Waals surface area contributed by atoms with Gasteiger partial charge in [0.05, 0.1) is 48.6 Å². The molecule has 2 aliphatic heterocycles. The second-order valence-corrected chi connectivity index (χ2v) is 38.3. The first-order valence-corrected chi connectivity index (χ1v) is 41.3. The zero-order chi connectivity index (χ0) is 67.9. The van der Waals surface area contributed by atoms with Gasteiger partial charge in [-0.05, 0) is 109 Å². The van der Waals surface area contributed by atoms with Crippen molar-refractivity contribution in [2.45, 2.75) is 111 Å². The summed E-state index contributed by atoms with van der Waals surface area (Å²) < 4.78 is 14.8. The van der Waals surface area contributed by atoms with Crippen molar-refractivity contribution in [1.29, 1.82) is 0 Å². The van der Waals surface area contributed by atoms with E-state index in [4.69, 9.17) is 24.3 Å². The second kappa shape index (κ2) is 32.5. The van der Waals surface area contributed by atoms with Crippen LogP contribution in [0.1, 0.15) is 98.4 Å². The summed E-state index contributed by atoms with van der Waals surface area (Å²) in [6, 6.07) is 44.8. The zero-order valence-electron chi connectivity index (χ0n) is 54.7. The van der Waals surface area contributed by atoms with Gasteiger partial charge in [-0.25, -0.2) is 19.3 Å². The molecule has 18 nitrogen and oxygen atoms in total. The molecule has 2 fully saturated rings. The minimum Gasteiger partial charge on any atom is -0.398 e. The normalized spacial score (nSPS) is 16.2. The topological polar surface area (TPSA) is 239 Å². The van der Waals surface area contributed by atoms with E-state index in [1.54, 1.807) is 55.6 Å². The molecule has 6 N–H and O–H groups in total. The third-order valence-electron chi connectivity index (χ3n) is 18.4. The van der Waals surface area contributed by atoms with Gasteiger partial charge in [0.1, 0.15) is 10.8 Å². The Bertz CT molecular complexity index is 4490. The fourth-order valence-electron chi connectivity index (χ4n) is 12.7. The van der Waals surface area contributed by atoms with Crippen LogP contribution in [-0.4, -0.2) is 127 Å². The van der Waals surface area contributed by atoms with Crippen LogP contribution in [0.4, 0.5) is 11.4 Å². The number of nitrogens with two attached hydrogens (primary N) is 2. The molecule has 12 rings (SSSR count). The van der Waals surface area contributed by atoms with Gasteiger partial charge in [-0.3, -0.25) is 28.3 Å². The SMILES string of the molecule is C#Cc1ccc(-n2ncc3c(=O)n(CC4CN(C(=O)c5ccc(-c6ccccc6N)cc5)CCC4O)cnc32)cc1.C#[C][Sn]([CH2]CCC)([CH2]CCC)[CH2]CCC.Nc1ccccc1-c1ccc(C(=O)N2CCC(O)C(Cn3cnc4c(cnn4-c4ccc(Br)cc4)c3=O)C2)cc1. The minimum atomic E-state index is -2.09. The van der Waals surface area contributed by atoms with Crippen LogP contribution in [-0.2, 0) is 13.1 Å². The van der Waals surface area contributed by atoms with Crippen LogP contribution in [0, 0.1) is 34.5 Å². The number of halogens is 1. The second-order valence-electron chi connectivity index (χ2n) is 25.0. The van der Waals surface area contributed by atoms with Crippen LogP contribution in [0.3, 0.4) is 0 Å². The Balaban J connectivity index is 0.000000173. The van der Waals surface area contributed by atoms with Crippen LogP contribution < -0.4 is 22.6 Å². The first-order chi connectivity index (χ1) is 46.6.